The molecule has 1 rings (SSSR count). The molecular weight excluding hydrogens is 254 g/mol. The average Bonchev–Trinajstić information content (AvgIpc) is 2.36. The molecule has 0 atom stereocenters. The number of carboxylic acids is 1. The third kappa shape index (κ3) is 5.14. The van der Waals surface area contributed by atoms with Crippen LogP contribution in [0.1, 0.15) is 53.4 Å². The highest BCUT2D eigenvalue weighted by atomic mass is 16.4. The van der Waals surface area contributed by atoms with Gasteiger partial charge in [-0.3, -0.25) is 9.59 Å². The van der Waals surface area contributed by atoms with Crippen LogP contribution in [-0.2, 0) is 9.59 Å². The topological polar surface area (TPSA) is 57.6 Å². The molecule has 0 unspecified atom stereocenters. The Morgan fingerprint density at radius 3 is 1.70 bits per heavy atom. The first-order valence-electron chi connectivity index (χ1n) is 7.82. The van der Waals surface area contributed by atoms with Gasteiger partial charge < -0.3 is 10.0 Å². The van der Waals surface area contributed by atoms with E-state index in [-0.39, 0.29) is 17.7 Å². The highest BCUT2D eigenvalue weighted by Gasteiger charge is 2.32. The molecular formula is C16H29NO3. The summed E-state index contributed by atoms with van der Waals surface area (Å²) in [5.41, 5.74) is 0. The zero-order valence-corrected chi connectivity index (χ0v) is 13.3. The lowest BCUT2D eigenvalue weighted by Gasteiger charge is -2.33. The minimum atomic E-state index is -0.711. The molecule has 116 valence electrons. The summed E-state index contributed by atoms with van der Waals surface area (Å²) < 4.78 is 0. The summed E-state index contributed by atoms with van der Waals surface area (Å²) in [6.07, 6.45) is 2.73. The van der Waals surface area contributed by atoms with Crippen molar-refractivity contribution in [1.29, 1.82) is 0 Å². The Bertz CT molecular complexity index is 321. The van der Waals surface area contributed by atoms with Gasteiger partial charge in [0.05, 0.1) is 5.92 Å². The summed E-state index contributed by atoms with van der Waals surface area (Å²) in [7, 11) is 0. The molecule has 0 aromatic rings. The van der Waals surface area contributed by atoms with Crippen LogP contribution in [0.4, 0.5) is 0 Å². The fourth-order valence-electron chi connectivity index (χ4n) is 2.98. The summed E-state index contributed by atoms with van der Waals surface area (Å²) in [5, 5.41) is 9.01. The lowest BCUT2D eigenvalue weighted by Crippen LogP contribution is -2.42. The van der Waals surface area contributed by atoms with Crippen LogP contribution >= 0.6 is 0 Å². The number of aliphatic carboxylic acids is 1. The van der Waals surface area contributed by atoms with Crippen molar-refractivity contribution >= 4 is 11.9 Å². The quantitative estimate of drug-likeness (QED) is 0.815. The highest BCUT2D eigenvalue weighted by molar-refractivity contribution is 5.79. The van der Waals surface area contributed by atoms with Gasteiger partial charge in [-0.2, -0.15) is 0 Å². The van der Waals surface area contributed by atoms with Gasteiger partial charge >= 0.3 is 5.97 Å². The number of nitrogens with zero attached hydrogens (tertiary/aromatic N) is 1. The largest absolute Gasteiger partial charge is 0.481 e. The van der Waals surface area contributed by atoms with Gasteiger partial charge in [0.25, 0.3) is 0 Å². The molecule has 0 aliphatic heterocycles. The number of hydrogen-bond donors (Lipinski definition) is 1. The van der Waals surface area contributed by atoms with E-state index in [1.807, 2.05) is 4.90 Å². The lowest BCUT2D eigenvalue weighted by atomic mass is 9.81. The molecule has 0 radical (unpaired) electrons. The van der Waals surface area contributed by atoms with E-state index >= 15 is 0 Å². The first-order valence-corrected chi connectivity index (χ1v) is 7.82. The predicted molar refractivity (Wildman–Crippen MR) is 79.3 cm³/mol. The molecule has 1 saturated carbocycles. The van der Waals surface area contributed by atoms with Gasteiger partial charge in [0.2, 0.25) is 5.91 Å². The number of rotatable bonds is 6. The van der Waals surface area contributed by atoms with E-state index in [4.69, 9.17) is 5.11 Å². The number of amides is 1. The van der Waals surface area contributed by atoms with Crippen molar-refractivity contribution in [2.24, 2.45) is 23.7 Å². The molecule has 0 spiro atoms. The van der Waals surface area contributed by atoms with Gasteiger partial charge in [-0.15, -0.1) is 0 Å². The van der Waals surface area contributed by atoms with Crippen LogP contribution in [0.25, 0.3) is 0 Å². The molecule has 1 amide bonds. The molecule has 0 aromatic heterocycles. The third-order valence-corrected chi connectivity index (χ3v) is 3.91. The molecule has 1 fully saturated rings. The first-order chi connectivity index (χ1) is 9.31. The van der Waals surface area contributed by atoms with Gasteiger partial charge in [0.15, 0.2) is 0 Å². The second-order valence-electron chi connectivity index (χ2n) is 6.92. The Hall–Kier alpha value is -1.06. The van der Waals surface area contributed by atoms with E-state index in [9.17, 15) is 9.59 Å². The van der Waals surface area contributed by atoms with Crippen LogP contribution in [0.2, 0.25) is 0 Å². The number of carbonyl (C=O) groups excluding carboxylic acids is 1. The summed E-state index contributed by atoms with van der Waals surface area (Å²) in [6, 6.07) is 0. The highest BCUT2D eigenvalue weighted by Crippen LogP contribution is 2.30. The normalized spacial score (nSPS) is 23.1. The van der Waals surface area contributed by atoms with Gasteiger partial charge in [-0.25, -0.2) is 0 Å². The van der Waals surface area contributed by atoms with Crippen molar-refractivity contribution < 1.29 is 14.7 Å². The molecule has 4 heteroatoms. The van der Waals surface area contributed by atoms with Gasteiger partial charge in [-0.05, 0) is 37.5 Å². The molecule has 0 heterocycles. The van der Waals surface area contributed by atoms with Crippen LogP contribution < -0.4 is 0 Å². The Balaban J connectivity index is 2.59. The smallest absolute Gasteiger partial charge is 0.306 e. The molecule has 0 bridgehead atoms. The van der Waals surface area contributed by atoms with Crippen molar-refractivity contribution in [2.75, 3.05) is 13.1 Å². The van der Waals surface area contributed by atoms with Crippen molar-refractivity contribution in [3.05, 3.63) is 0 Å². The van der Waals surface area contributed by atoms with E-state index < -0.39 is 5.97 Å². The Kier molecular flexibility index (Phi) is 6.50. The molecule has 1 aliphatic carbocycles. The van der Waals surface area contributed by atoms with Crippen molar-refractivity contribution in [1.82, 2.24) is 4.90 Å². The van der Waals surface area contributed by atoms with E-state index in [1.54, 1.807) is 0 Å². The van der Waals surface area contributed by atoms with E-state index in [2.05, 4.69) is 27.7 Å². The second kappa shape index (κ2) is 7.65. The minimum absolute atomic E-state index is 0.0306. The van der Waals surface area contributed by atoms with Gasteiger partial charge in [0.1, 0.15) is 0 Å². The minimum Gasteiger partial charge on any atom is -0.481 e. The fraction of sp³-hybridized carbons (Fsp3) is 0.875. The molecule has 1 N–H and O–H groups in total. The molecule has 4 nitrogen and oxygen atoms in total. The zero-order chi connectivity index (χ0) is 15.3. The van der Waals surface area contributed by atoms with Crippen LogP contribution in [0.3, 0.4) is 0 Å². The second-order valence-corrected chi connectivity index (χ2v) is 6.92. The molecule has 0 aromatic carbocycles. The van der Waals surface area contributed by atoms with Gasteiger partial charge in [0, 0.05) is 19.0 Å². The summed E-state index contributed by atoms with van der Waals surface area (Å²) in [6.45, 7) is 10.1. The Morgan fingerprint density at radius 2 is 1.35 bits per heavy atom. The fourth-order valence-corrected chi connectivity index (χ4v) is 2.98. The molecule has 1 aliphatic rings. The number of carboxylic acid groups (broad SMARTS) is 1. The van der Waals surface area contributed by atoms with Crippen LogP contribution in [0.5, 0.6) is 0 Å². The van der Waals surface area contributed by atoms with E-state index in [0.29, 0.717) is 24.7 Å². The molecule has 0 saturated heterocycles. The number of hydrogen-bond acceptors (Lipinski definition) is 2. The number of carbonyl (C=O) groups is 2. The predicted octanol–water partition coefficient (Wildman–Crippen LogP) is 3.02. The first kappa shape index (κ1) is 17.0. The van der Waals surface area contributed by atoms with E-state index in [0.717, 1.165) is 25.9 Å². The zero-order valence-electron chi connectivity index (χ0n) is 13.3. The third-order valence-electron chi connectivity index (χ3n) is 3.91. The van der Waals surface area contributed by atoms with Crippen molar-refractivity contribution in [2.45, 2.75) is 53.4 Å². The average molecular weight is 283 g/mol. The monoisotopic (exact) mass is 283 g/mol. The summed E-state index contributed by atoms with van der Waals surface area (Å²) in [4.78, 5) is 25.6. The standard InChI is InChI=1S/C16H29NO3/c1-11(2)9-17(10-12(3)4)15(18)13-5-7-14(8-6-13)16(19)20/h11-14H,5-10H2,1-4H3,(H,19,20). The molecule has 20 heavy (non-hydrogen) atoms. The van der Waals surface area contributed by atoms with Crippen molar-refractivity contribution in [3.8, 4) is 0 Å². The Labute approximate surface area is 122 Å². The van der Waals surface area contributed by atoms with Crippen LogP contribution in [0, 0.1) is 23.7 Å². The SMILES string of the molecule is CC(C)CN(CC(C)C)C(=O)C1CCC(C(=O)O)CC1. The summed E-state index contributed by atoms with van der Waals surface area (Å²) >= 11 is 0. The maximum atomic E-state index is 12.6. The maximum Gasteiger partial charge on any atom is 0.306 e. The van der Waals surface area contributed by atoms with Crippen molar-refractivity contribution in [3.63, 3.8) is 0 Å². The van der Waals surface area contributed by atoms with Crippen LogP contribution in [-0.4, -0.2) is 35.0 Å². The summed E-state index contributed by atoms with van der Waals surface area (Å²) in [5.74, 6) is 0.236. The maximum absolute atomic E-state index is 12.6. The Morgan fingerprint density at radius 1 is 0.950 bits per heavy atom. The lowest BCUT2D eigenvalue weighted by molar-refractivity contribution is -0.146. The van der Waals surface area contributed by atoms with Gasteiger partial charge in [-0.1, -0.05) is 27.7 Å². The van der Waals surface area contributed by atoms with Crippen LogP contribution in [0.15, 0.2) is 0 Å². The van der Waals surface area contributed by atoms with E-state index in [1.165, 1.54) is 0 Å².